The number of aryl methyl sites for hydroxylation is 1. The molecule has 32 heavy (non-hydrogen) atoms. The topological polar surface area (TPSA) is 100 Å². The summed E-state index contributed by atoms with van der Waals surface area (Å²) in [4.78, 5) is 25.2. The summed E-state index contributed by atoms with van der Waals surface area (Å²) in [5.41, 5.74) is 5.31. The molecule has 7 heteroatoms. The summed E-state index contributed by atoms with van der Waals surface area (Å²) in [5, 5.41) is 17.1. The van der Waals surface area contributed by atoms with Crippen LogP contribution in [0.1, 0.15) is 47.8 Å². The molecule has 2 rings (SSSR count). The third kappa shape index (κ3) is 6.70. The number of phenolic OH excluding ortho intramolecular Hbond substituents is 1. The van der Waals surface area contributed by atoms with Crippen molar-refractivity contribution in [2.45, 2.75) is 40.2 Å². The lowest BCUT2D eigenvalue weighted by molar-refractivity contribution is -0.123. The van der Waals surface area contributed by atoms with Gasteiger partial charge in [-0.3, -0.25) is 9.59 Å². The predicted octanol–water partition coefficient (Wildman–Crippen LogP) is 3.73. The number of nitrogens with zero attached hydrogens (tertiary/aromatic N) is 1. The van der Waals surface area contributed by atoms with Crippen LogP contribution >= 0.6 is 0 Å². The van der Waals surface area contributed by atoms with Crippen LogP contribution in [0, 0.1) is 12.8 Å². The maximum atomic E-state index is 12.7. The van der Waals surface area contributed by atoms with Gasteiger partial charge in [0.2, 0.25) is 0 Å². The Labute approximate surface area is 189 Å². The number of hydrogen-bond donors (Lipinski definition) is 3. The number of benzene rings is 2. The highest BCUT2D eigenvalue weighted by Crippen LogP contribution is 2.31. The molecule has 1 unspecified atom stereocenters. The first-order valence-corrected chi connectivity index (χ1v) is 10.6. The van der Waals surface area contributed by atoms with Crippen molar-refractivity contribution in [3.05, 3.63) is 71.3 Å². The second-order valence-electron chi connectivity index (χ2n) is 7.75. The molecule has 0 radical (unpaired) electrons. The average molecular weight is 438 g/mol. The van der Waals surface area contributed by atoms with Crippen molar-refractivity contribution in [3.63, 3.8) is 0 Å². The zero-order valence-corrected chi connectivity index (χ0v) is 19.0. The number of rotatable bonds is 10. The fraction of sp³-hybridized carbons (Fsp3) is 0.320. The number of phenols is 1. The summed E-state index contributed by atoms with van der Waals surface area (Å²) in [5.74, 6) is -0.489. The van der Waals surface area contributed by atoms with Gasteiger partial charge in [0.05, 0.1) is 12.8 Å². The van der Waals surface area contributed by atoms with Crippen molar-refractivity contribution in [2.75, 3.05) is 6.61 Å². The summed E-state index contributed by atoms with van der Waals surface area (Å²) >= 11 is 0. The molecule has 0 heterocycles. The van der Waals surface area contributed by atoms with E-state index in [1.54, 1.807) is 30.3 Å². The van der Waals surface area contributed by atoms with Crippen LogP contribution in [0.5, 0.6) is 11.5 Å². The second-order valence-corrected chi connectivity index (χ2v) is 7.75. The number of carbonyl (C=O) groups is 2. The molecule has 0 aliphatic rings. The first-order chi connectivity index (χ1) is 15.3. The Balaban J connectivity index is 2.11. The van der Waals surface area contributed by atoms with Gasteiger partial charge < -0.3 is 15.2 Å². The lowest BCUT2D eigenvalue weighted by Crippen LogP contribution is -2.48. The Morgan fingerprint density at radius 1 is 1.22 bits per heavy atom. The lowest BCUT2D eigenvalue weighted by Gasteiger charge is -2.20. The van der Waals surface area contributed by atoms with Gasteiger partial charge >= 0.3 is 0 Å². The van der Waals surface area contributed by atoms with Gasteiger partial charge in [-0.15, -0.1) is 6.58 Å². The van der Waals surface area contributed by atoms with Gasteiger partial charge in [-0.05, 0) is 56.0 Å². The van der Waals surface area contributed by atoms with E-state index in [0.717, 1.165) is 5.56 Å². The summed E-state index contributed by atoms with van der Waals surface area (Å²) in [6.07, 6.45) is 3.60. The molecule has 3 N–H and O–H groups in total. The van der Waals surface area contributed by atoms with Crippen molar-refractivity contribution in [3.8, 4) is 11.5 Å². The van der Waals surface area contributed by atoms with Crippen LogP contribution in [0.15, 0.2) is 54.2 Å². The molecule has 0 saturated carbocycles. The monoisotopic (exact) mass is 437 g/mol. The number of amides is 2. The zero-order valence-electron chi connectivity index (χ0n) is 19.0. The maximum absolute atomic E-state index is 12.7. The third-order valence-corrected chi connectivity index (χ3v) is 4.78. The minimum atomic E-state index is -0.754. The maximum Gasteiger partial charge on any atom is 0.262 e. The van der Waals surface area contributed by atoms with E-state index in [1.807, 2.05) is 39.8 Å². The van der Waals surface area contributed by atoms with Gasteiger partial charge in [0.25, 0.3) is 11.8 Å². The third-order valence-electron chi connectivity index (χ3n) is 4.78. The van der Waals surface area contributed by atoms with Crippen molar-refractivity contribution in [1.29, 1.82) is 0 Å². The second kappa shape index (κ2) is 11.7. The SMILES string of the molecule is C=CCc1cc(C=NNC(=O)C(NC(=O)c2ccc(C)cc2)C(C)C)cc(OCC)c1O. The zero-order chi connectivity index (χ0) is 23.7. The van der Waals surface area contributed by atoms with E-state index in [2.05, 4.69) is 22.4 Å². The Kier molecular flexibility index (Phi) is 9.01. The fourth-order valence-corrected chi connectivity index (χ4v) is 3.04. The standard InChI is InChI=1S/C25H31N3O4/c1-6-8-20-13-18(14-21(23(20)29)32-7-2)15-26-28-25(31)22(16(3)4)27-24(30)19-11-9-17(5)10-12-19/h6,9-16,22,29H,1,7-8H2,2-5H3,(H,27,30)(H,28,31). The summed E-state index contributed by atoms with van der Waals surface area (Å²) in [6, 6.07) is 9.77. The summed E-state index contributed by atoms with van der Waals surface area (Å²) in [6.45, 7) is 11.6. The first-order valence-electron chi connectivity index (χ1n) is 10.6. The minimum absolute atomic E-state index is 0.0617. The van der Waals surface area contributed by atoms with Crippen LogP contribution < -0.4 is 15.5 Å². The van der Waals surface area contributed by atoms with Gasteiger partial charge in [-0.1, -0.05) is 37.6 Å². The smallest absolute Gasteiger partial charge is 0.262 e. The van der Waals surface area contributed by atoms with Gasteiger partial charge in [0, 0.05) is 11.1 Å². The van der Waals surface area contributed by atoms with Crippen LogP contribution in [-0.4, -0.2) is 35.8 Å². The molecule has 0 aromatic heterocycles. The van der Waals surface area contributed by atoms with Crippen molar-refractivity contribution < 1.29 is 19.4 Å². The number of allylic oxidation sites excluding steroid dienone is 1. The minimum Gasteiger partial charge on any atom is -0.504 e. The predicted molar refractivity (Wildman–Crippen MR) is 126 cm³/mol. The van der Waals surface area contributed by atoms with Crippen molar-refractivity contribution in [1.82, 2.24) is 10.7 Å². The largest absolute Gasteiger partial charge is 0.504 e. The molecule has 0 fully saturated rings. The molecule has 0 aliphatic heterocycles. The van der Waals surface area contributed by atoms with Gasteiger partial charge in [0.1, 0.15) is 6.04 Å². The normalized spacial score (nSPS) is 11.9. The van der Waals surface area contributed by atoms with E-state index in [1.165, 1.54) is 6.21 Å². The molecule has 2 aromatic carbocycles. The number of nitrogens with one attached hydrogen (secondary N) is 2. The highest BCUT2D eigenvalue weighted by molar-refractivity contribution is 5.97. The van der Waals surface area contributed by atoms with E-state index >= 15 is 0 Å². The Morgan fingerprint density at radius 3 is 2.50 bits per heavy atom. The fourth-order valence-electron chi connectivity index (χ4n) is 3.04. The Bertz CT molecular complexity index is 981. The molecule has 0 spiro atoms. The summed E-state index contributed by atoms with van der Waals surface area (Å²) in [7, 11) is 0. The van der Waals surface area contributed by atoms with E-state index in [4.69, 9.17) is 4.74 Å². The number of aromatic hydroxyl groups is 1. The van der Waals surface area contributed by atoms with E-state index in [0.29, 0.717) is 35.5 Å². The molecule has 0 aliphatic carbocycles. The molecule has 0 bridgehead atoms. The lowest BCUT2D eigenvalue weighted by atomic mass is 10.0. The molecule has 2 aromatic rings. The molecular formula is C25H31N3O4. The van der Waals surface area contributed by atoms with Crippen LogP contribution in [0.2, 0.25) is 0 Å². The molecule has 0 saturated heterocycles. The molecule has 7 nitrogen and oxygen atoms in total. The quantitative estimate of drug-likeness (QED) is 0.300. The number of ether oxygens (including phenoxy) is 1. The van der Waals surface area contributed by atoms with Crippen LogP contribution in [0.25, 0.3) is 0 Å². The molecule has 1 atom stereocenters. The van der Waals surface area contributed by atoms with E-state index < -0.39 is 11.9 Å². The molecule has 170 valence electrons. The van der Waals surface area contributed by atoms with Crippen LogP contribution in [0.3, 0.4) is 0 Å². The van der Waals surface area contributed by atoms with Gasteiger partial charge in [-0.25, -0.2) is 5.43 Å². The van der Waals surface area contributed by atoms with Gasteiger partial charge in [0.15, 0.2) is 11.5 Å². The first kappa shape index (κ1) is 24.7. The number of carbonyl (C=O) groups excluding carboxylic acids is 2. The highest BCUT2D eigenvalue weighted by Gasteiger charge is 2.24. The summed E-state index contributed by atoms with van der Waals surface area (Å²) < 4.78 is 5.47. The van der Waals surface area contributed by atoms with Gasteiger partial charge in [-0.2, -0.15) is 5.10 Å². The number of hydrazone groups is 1. The number of hydrogen-bond acceptors (Lipinski definition) is 5. The Morgan fingerprint density at radius 2 is 1.91 bits per heavy atom. The van der Waals surface area contributed by atoms with Crippen LogP contribution in [-0.2, 0) is 11.2 Å². The average Bonchev–Trinajstić information content (AvgIpc) is 2.75. The van der Waals surface area contributed by atoms with Crippen molar-refractivity contribution in [2.24, 2.45) is 11.0 Å². The molecule has 2 amide bonds. The Hall–Kier alpha value is -3.61. The highest BCUT2D eigenvalue weighted by atomic mass is 16.5. The van der Waals surface area contributed by atoms with Crippen LogP contribution in [0.4, 0.5) is 0 Å². The molecular weight excluding hydrogens is 406 g/mol. The van der Waals surface area contributed by atoms with E-state index in [9.17, 15) is 14.7 Å². The van der Waals surface area contributed by atoms with E-state index in [-0.39, 0.29) is 17.6 Å². The van der Waals surface area contributed by atoms with Crippen molar-refractivity contribution >= 4 is 18.0 Å².